The number of methoxy groups -OCH3 is 1. The normalized spacial score (nSPS) is 42.4. The van der Waals surface area contributed by atoms with Gasteiger partial charge in [0.25, 0.3) is 0 Å². The molecule has 3 fully saturated rings. The number of hydrogen-bond acceptors (Lipinski definition) is 18. The molecular formula is C48H93N3O15. The molecule has 66 heavy (non-hydrogen) atoms. The van der Waals surface area contributed by atoms with E-state index in [9.17, 15) is 45.6 Å². The van der Waals surface area contributed by atoms with Crippen LogP contribution in [0.25, 0.3) is 0 Å². The Kier molecular flexibility index (Phi) is 22.2. The van der Waals surface area contributed by atoms with Crippen LogP contribution in [-0.4, -0.2) is 225 Å². The van der Waals surface area contributed by atoms with Gasteiger partial charge in [0, 0.05) is 57.7 Å². The SMILES string of the molecule is CCCN1C[C@H](C)[C@@H](O)[C@](C)(O)[C@@H](CC)OC(=O)[C@H](C)[C@H](O[C@@H]2C[C@](C)(OC)[C@@](O)(CN(CC(O)CO)CC(O)CO)[C@H](C)O2)[C@H](C)[C@@H](O[C@@H]2O[C@H](C)C[C@H](N(C)C)[C@H]2O)C(C)(C)C[C@H]1C. The summed E-state index contributed by atoms with van der Waals surface area (Å²) in [5.41, 5.74) is -5.70. The third kappa shape index (κ3) is 14.0. The van der Waals surface area contributed by atoms with Gasteiger partial charge in [-0.2, -0.15) is 0 Å². The first-order valence-corrected chi connectivity index (χ1v) is 24.5. The van der Waals surface area contributed by atoms with Gasteiger partial charge < -0.3 is 79.1 Å². The standard InChI is InChI=1S/C48H93N3O15/c1-16-18-51-22-28(3)41(57)47(12,59)37(17-2)64-43(58)32(7)40(31(6)42(45(9,10)20-29(51)4)66-44-39(56)36(49(13)14)19-30(5)62-44)65-38-21-46(11,61-15)48(60,33(8)63-38)27-50(23-34(54)25-52)24-35(55)26-53/h28-42,44,52-57,59-60H,16-27H2,1-15H3/t28-,29+,30+,31-,32+,33-,34?,35?,36-,37+,38+,39+,40+,41+,42+,44-,46-,47+,48+/m0/s1. The number of nitrogens with zero attached hydrogens (tertiary/aromatic N) is 3. The lowest BCUT2D eigenvalue weighted by Crippen LogP contribution is -2.70. The molecule has 18 heteroatoms. The van der Waals surface area contributed by atoms with Gasteiger partial charge in [-0.05, 0) is 99.2 Å². The fraction of sp³-hybridized carbons (Fsp3) is 0.979. The summed E-state index contributed by atoms with van der Waals surface area (Å²) in [7, 11) is 5.27. The van der Waals surface area contributed by atoms with Crippen molar-refractivity contribution in [1.82, 2.24) is 14.7 Å². The van der Waals surface area contributed by atoms with Crippen LogP contribution in [0, 0.1) is 23.2 Å². The minimum Gasteiger partial charge on any atom is -0.459 e. The maximum absolute atomic E-state index is 14.7. The highest BCUT2D eigenvalue weighted by Crippen LogP contribution is 2.45. The molecule has 3 saturated heterocycles. The fourth-order valence-corrected chi connectivity index (χ4v) is 11.1. The summed E-state index contributed by atoms with van der Waals surface area (Å²) in [6, 6.07) is -0.312. The van der Waals surface area contributed by atoms with Gasteiger partial charge >= 0.3 is 5.97 Å². The van der Waals surface area contributed by atoms with Crippen molar-refractivity contribution in [3.63, 3.8) is 0 Å². The van der Waals surface area contributed by atoms with Crippen LogP contribution in [0.5, 0.6) is 0 Å². The molecule has 0 radical (unpaired) electrons. The molecule has 0 aromatic rings. The van der Waals surface area contributed by atoms with Crippen LogP contribution in [0.4, 0.5) is 0 Å². The lowest BCUT2D eigenvalue weighted by atomic mass is 9.72. The third-order valence-electron chi connectivity index (χ3n) is 15.2. The molecule has 390 valence electrons. The van der Waals surface area contributed by atoms with Crippen molar-refractivity contribution < 1.29 is 74.1 Å². The molecule has 0 aliphatic carbocycles. The van der Waals surface area contributed by atoms with Crippen molar-refractivity contribution in [2.45, 2.75) is 212 Å². The Morgan fingerprint density at radius 2 is 1.48 bits per heavy atom. The largest absolute Gasteiger partial charge is 0.459 e. The van der Waals surface area contributed by atoms with Gasteiger partial charge in [0.15, 0.2) is 12.6 Å². The monoisotopic (exact) mass is 952 g/mol. The molecule has 0 bridgehead atoms. The van der Waals surface area contributed by atoms with Crippen molar-refractivity contribution in [3.8, 4) is 0 Å². The van der Waals surface area contributed by atoms with Crippen molar-refractivity contribution in [3.05, 3.63) is 0 Å². The quantitative estimate of drug-likeness (QED) is 0.0960. The smallest absolute Gasteiger partial charge is 0.311 e. The predicted octanol–water partition coefficient (Wildman–Crippen LogP) is 1.33. The lowest BCUT2D eigenvalue weighted by Gasteiger charge is -2.55. The average Bonchev–Trinajstić information content (AvgIpc) is 3.24. The van der Waals surface area contributed by atoms with Gasteiger partial charge in [-0.15, -0.1) is 0 Å². The van der Waals surface area contributed by atoms with Gasteiger partial charge in [0.1, 0.15) is 29.0 Å². The number of rotatable bonds is 17. The summed E-state index contributed by atoms with van der Waals surface area (Å²) >= 11 is 0. The molecule has 3 heterocycles. The predicted molar refractivity (Wildman–Crippen MR) is 248 cm³/mol. The summed E-state index contributed by atoms with van der Waals surface area (Å²) in [6.45, 7) is 22.1. The second-order valence-corrected chi connectivity index (χ2v) is 21.5. The first-order chi connectivity index (χ1) is 30.6. The van der Waals surface area contributed by atoms with Crippen LogP contribution in [0.3, 0.4) is 0 Å². The second-order valence-electron chi connectivity index (χ2n) is 21.5. The van der Waals surface area contributed by atoms with Crippen molar-refractivity contribution >= 4 is 5.97 Å². The molecule has 0 spiro atoms. The van der Waals surface area contributed by atoms with Crippen LogP contribution in [0.15, 0.2) is 0 Å². The Morgan fingerprint density at radius 1 is 0.894 bits per heavy atom. The van der Waals surface area contributed by atoms with E-state index < -0.39 is 121 Å². The van der Waals surface area contributed by atoms with E-state index in [4.69, 9.17) is 28.4 Å². The molecular weight excluding hydrogens is 859 g/mol. The summed E-state index contributed by atoms with van der Waals surface area (Å²) in [5, 5.41) is 88.3. The molecule has 0 aromatic carbocycles. The van der Waals surface area contributed by atoms with Crippen LogP contribution in [-0.2, 0) is 33.2 Å². The Hall–Kier alpha value is -1.17. The second kappa shape index (κ2) is 24.8. The highest BCUT2D eigenvalue weighted by molar-refractivity contribution is 5.73. The molecule has 3 aliphatic rings. The number of cyclic esters (lactones) is 1. The number of aliphatic hydroxyl groups excluding tert-OH is 6. The number of carbonyl (C=O) groups is 1. The van der Waals surface area contributed by atoms with Gasteiger partial charge in [0.05, 0.1) is 61.9 Å². The van der Waals surface area contributed by atoms with Crippen molar-refractivity contribution in [2.24, 2.45) is 23.2 Å². The Labute approximate surface area is 395 Å². The van der Waals surface area contributed by atoms with E-state index in [1.165, 1.54) is 18.9 Å². The van der Waals surface area contributed by atoms with Crippen molar-refractivity contribution in [2.75, 3.05) is 67.1 Å². The Morgan fingerprint density at radius 3 is 2.00 bits per heavy atom. The number of likely N-dealkylation sites (N-methyl/N-ethyl adjacent to an activating group) is 1. The summed E-state index contributed by atoms with van der Waals surface area (Å²) in [4.78, 5) is 20.5. The molecule has 0 aromatic heterocycles. The highest BCUT2D eigenvalue weighted by atomic mass is 16.7. The molecule has 3 aliphatic heterocycles. The summed E-state index contributed by atoms with van der Waals surface area (Å²) in [5.74, 6) is -2.76. The van der Waals surface area contributed by atoms with Gasteiger partial charge in [-0.25, -0.2) is 0 Å². The Bertz CT molecular complexity index is 1450. The number of aliphatic hydroxyl groups is 8. The van der Waals surface area contributed by atoms with Crippen LogP contribution >= 0.6 is 0 Å². The molecule has 18 nitrogen and oxygen atoms in total. The number of ether oxygens (including phenoxy) is 6. The highest BCUT2D eigenvalue weighted by Gasteiger charge is 2.59. The van der Waals surface area contributed by atoms with Gasteiger partial charge in [-0.1, -0.05) is 41.5 Å². The van der Waals surface area contributed by atoms with E-state index in [0.717, 1.165) is 13.0 Å². The average molecular weight is 952 g/mol. The number of esters is 1. The summed E-state index contributed by atoms with van der Waals surface area (Å²) in [6.07, 6.45) is -8.74. The van der Waals surface area contributed by atoms with Crippen LogP contribution in [0.2, 0.25) is 0 Å². The molecule has 3 rings (SSSR count). The van der Waals surface area contributed by atoms with Crippen LogP contribution in [0.1, 0.15) is 115 Å². The van der Waals surface area contributed by atoms with E-state index in [2.05, 4.69) is 32.6 Å². The molecule has 19 atom stereocenters. The topological polar surface area (TPSA) is 244 Å². The van der Waals surface area contributed by atoms with E-state index >= 15 is 0 Å². The minimum atomic E-state index is -1.81. The molecule has 0 saturated carbocycles. The zero-order valence-corrected chi connectivity index (χ0v) is 43.0. The maximum Gasteiger partial charge on any atom is 0.311 e. The minimum absolute atomic E-state index is 0.0515. The van der Waals surface area contributed by atoms with E-state index in [1.54, 1.807) is 27.7 Å². The molecule has 8 N–H and O–H groups in total. The van der Waals surface area contributed by atoms with E-state index in [1.807, 2.05) is 39.8 Å². The van der Waals surface area contributed by atoms with Crippen molar-refractivity contribution in [1.29, 1.82) is 0 Å². The lowest BCUT2D eigenvalue weighted by molar-refractivity contribution is -0.338. The number of carbonyl (C=O) groups excluding carboxylic acids is 1. The third-order valence-corrected chi connectivity index (χ3v) is 15.2. The van der Waals surface area contributed by atoms with E-state index in [0.29, 0.717) is 19.4 Å². The van der Waals surface area contributed by atoms with E-state index in [-0.39, 0.29) is 50.7 Å². The fourth-order valence-electron chi connectivity index (χ4n) is 11.1. The van der Waals surface area contributed by atoms with Gasteiger partial charge in [-0.3, -0.25) is 9.69 Å². The summed E-state index contributed by atoms with van der Waals surface area (Å²) < 4.78 is 39.4. The zero-order valence-electron chi connectivity index (χ0n) is 43.0. The zero-order chi connectivity index (χ0) is 50.3. The molecule has 2 unspecified atom stereocenters. The number of hydrogen-bond donors (Lipinski definition) is 8. The molecule has 0 amide bonds. The van der Waals surface area contributed by atoms with Crippen LogP contribution < -0.4 is 0 Å². The van der Waals surface area contributed by atoms with Gasteiger partial charge in [0.2, 0.25) is 0 Å². The first-order valence-electron chi connectivity index (χ1n) is 24.5. The maximum atomic E-state index is 14.7. The first kappa shape index (κ1) is 59.1. The Balaban J connectivity index is 2.23.